The van der Waals surface area contributed by atoms with Crippen molar-refractivity contribution in [1.82, 2.24) is 19.9 Å². The van der Waals surface area contributed by atoms with E-state index in [1.807, 2.05) is 37.3 Å². The van der Waals surface area contributed by atoms with Crippen molar-refractivity contribution in [2.24, 2.45) is 0 Å². The van der Waals surface area contributed by atoms with Crippen LogP contribution in [-0.4, -0.2) is 45.5 Å². The van der Waals surface area contributed by atoms with E-state index in [2.05, 4.69) is 30.6 Å². The standard InChI is InChI=1S/C13H18N6S2/c1-20-10-6-16-12(17-7-10)14-4-3-5-15-13-18-8-11(21-2)9-19-13/h6-9H,3-5H2,1-2H3,(H,14,16,17)(H,15,18,19). The molecule has 0 atom stereocenters. The summed E-state index contributed by atoms with van der Waals surface area (Å²) < 4.78 is 0. The van der Waals surface area contributed by atoms with Crippen LogP contribution in [0.2, 0.25) is 0 Å². The van der Waals surface area contributed by atoms with Gasteiger partial charge in [0.25, 0.3) is 0 Å². The number of aromatic nitrogens is 4. The SMILES string of the molecule is CSc1cnc(NCCCNc2ncc(SC)cn2)nc1. The van der Waals surface area contributed by atoms with Gasteiger partial charge in [-0.1, -0.05) is 0 Å². The van der Waals surface area contributed by atoms with E-state index < -0.39 is 0 Å². The molecule has 0 aliphatic heterocycles. The number of anilines is 2. The zero-order valence-corrected chi connectivity index (χ0v) is 13.7. The third-order valence-electron chi connectivity index (χ3n) is 2.65. The number of thioether (sulfide) groups is 2. The first-order chi connectivity index (χ1) is 10.3. The van der Waals surface area contributed by atoms with Gasteiger partial charge in [-0.25, -0.2) is 19.9 Å². The normalized spacial score (nSPS) is 10.4. The molecular weight excluding hydrogens is 304 g/mol. The molecule has 112 valence electrons. The molecule has 2 aromatic heterocycles. The van der Waals surface area contributed by atoms with Crippen molar-refractivity contribution in [3.8, 4) is 0 Å². The van der Waals surface area contributed by atoms with E-state index in [1.165, 1.54) is 0 Å². The second kappa shape index (κ2) is 8.68. The van der Waals surface area contributed by atoms with Gasteiger partial charge in [0.15, 0.2) is 0 Å². The minimum absolute atomic E-state index is 0.661. The lowest BCUT2D eigenvalue weighted by atomic mass is 10.4. The molecule has 6 nitrogen and oxygen atoms in total. The Kier molecular flexibility index (Phi) is 6.55. The van der Waals surface area contributed by atoms with E-state index in [0.29, 0.717) is 11.9 Å². The maximum atomic E-state index is 4.23. The molecule has 0 aliphatic carbocycles. The fraction of sp³-hybridized carbons (Fsp3) is 0.385. The molecule has 0 bridgehead atoms. The zero-order valence-electron chi connectivity index (χ0n) is 12.0. The molecule has 0 aromatic carbocycles. The minimum Gasteiger partial charge on any atom is -0.354 e. The first kappa shape index (κ1) is 15.8. The maximum Gasteiger partial charge on any atom is 0.222 e. The smallest absolute Gasteiger partial charge is 0.222 e. The summed E-state index contributed by atoms with van der Waals surface area (Å²) >= 11 is 3.26. The van der Waals surface area contributed by atoms with Crippen LogP contribution in [0.15, 0.2) is 34.6 Å². The van der Waals surface area contributed by atoms with Crippen LogP contribution < -0.4 is 10.6 Å². The summed E-state index contributed by atoms with van der Waals surface area (Å²) in [4.78, 5) is 19.1. The van der Waals surface area contributed by atoms with Gasteiger partial charge in [0.05, 0.1) is 0 Å². The molecular formula is C13H18N6S2. The Morgan fingerprint density at radius 3 is 1.48 bits per heavy atom. The molecule has 0 aliphatic rings. The Balaban J connectivity index is 1.64. The van der Waals surface area contributed by atoms with Crippen molar-refractivity contribution in [1.29, 1.82) is 0 Å². The summed E-state index contributed by atoms with van der Waals surface area (Å²) in [5, 5.41) is 6.37. The molecule has 8 heteroatoms. The number of nitrogens with one attached hydrogen (secondary N) is 2. The Bertz CT molecular complexity index is 482. The number of hydrogen-bond donors (Lipinski definition) is 2. The summed E-state index contributed by atoms with van der Waals surface area (Å²) in [6, 6.07) is 0. The predicted octanol–water partition coefficient (Wildman–Crippen LogP) is 2.62. The minimum atomic E-state index is 0.661. The van der Waals surface area contributed by atoms with Gasteiger partial charge in [0, 0.05) is 47.7 Å². The Morgan fingerprint density at radius 1 is 0.762 bits per heavy atom. The van der Waals surface area contributed by atoms with Gasteiger partial charge in [-0.15, -0.1) is 23.5 Å². The van der Waals surface area contributed by atoms with Crippen molar-refractivity contribution in [2.75, 3.05) is 36.2 Å². The van der Waals surface area contributed by atoms with Crippen molar-refractivity contribution >= 4 is 35.4 Å². The highest BCUT2D eigenvalue weighted by molar-refractivity contribution is 7.98. The molecule has 0 amide bonds. The molecule has 2 heterocycles. The van der Waals surface area contributed by atoms with Crippen LogP contribution in [0, 0.1) is 0 Å². The summed E-state index contributed by atoms with van der Waals surface area (Å²) in [5.41, 5.74) is 0. The van der Waals surface area contributed by atoms with Gasteiger partial charge in [-0.3, -0.25) is 0 Å². The topological polar surface area (TPSA) is 75.6 Å². The van der Waals surface area contributed by atoms with E-state index in [1.54, 1.807) is 23.5 Å². The molecule has 2 aromatic rings. The fourth-order valence-corrected chi connectivity index (χ4v) is 2.15. The van der Waals surface area contributed by atoms with Crippen molar-refractivity contribution < 1.29 is 0 Å². The third kappa shape index (κ3) is 5.39. The monoisotopic (exact) mass is 322 g/mol. The molecule has 21 heavy (non-hydrogen) atoms. The fourth-order valence-electron chi connectivity index (χ4n) is 1.51. The van der Waals surface area contributed by atoms with Crippen LogP contribution in [0.5, 0.6) is 0 Å². The van der Waals surface area contributed by atoms with E-state index in [0.717, 1.165) is 29.3 Å². The lowest BCUT2D eigenvalue weighted by molar-refractivity contribution is 0.878. The lowest BCUT2D eigenvalue weighted by Crippen LogP contribution is -2.12. The van der Waals surface area contributed by atoms with E-state index in [-0.39, 0.29) is 0 Å². The van der Waals surface area contributed by atoms with Crippen molar-refractivity contribution in [3.63, 3.8) is 0 Å². The van der Waals surface area contributed by atoms with Gasteiger partial charge in [0.1, 0.15) is 0 Å². The summed E-state index contributed by atoms with van der Waals surface area (Å²) in [6.45, 7) is 1.60. The van der Waals surface area contributed by atoms with Gasteiger partial charge in [0.2, 0.25) is 11.9 Å². The van der Waals surface area contributed by atoms with Crippen molar-refractivity contribution in [3.05, 3.63) is 24.8 Å². The Labute approximate surface area is 133 Å². The van der Waals surface area contributed by atoms with Crippen LogP contribution in [0.4, 0.5) is 11.9 Å². The lowest BCUT2D eigenvalue weighted by Gasteiger charge is -2.06. The highest BCUT2D eigenvalue weighted by atomic mass is 32.2. The second-order valence-electron chi connectivity index (χ2n) is 4.10. The van der Waals surface area contributed by atoms with Gasteiger partial charge in [-0.05, 0) is 18.9 Å². The molecule has 0 fully saturated rings. The molecule has 0 saturated heterocycles. The van der Waals surface area contributed by atoms with Crippen LogP contribution >= 0.6 is 23.5 Å². The number of rotatable bonds is 8. The predicted molar refractivity (Wildman–Crippen MR) is 89.2 cm³/mol. The quantitative estimate of drug-likeness (QED) is 0.567. The van der Waals surface area contributed by atoms with Crippen LogP contribution in [-0.2, 0) is 0 Å². The van der Waals surface area contributed by atoms with E-state index >= 15 is 0 Å². The summed E-state index contributed by atoms with van der Waals surface area (Å²) in [7, 11) is 0. The molecule has 0 spiro atoms. The van der Waals surface area contributed by atoms with Gasteiger partial charge >= 0.3 is 0 Å². The van der Waals surface area contributed by atoms with Crippen LogP contribution in [0.25, 0.3) is 0 Å². The summed E-state index contributed by atoms with van der Waals surface area (Å²) in [6.07, 6.45) is 12.2. The highest BCUT2D eigenvalue weighted by Crippen LogP contribution is 2.12. The number of nitrogens with zero attached hydrogens (tertiary/aromatic N) is 4. The van der Waals surface area contributed by atoms with E-state index in [4.69, 9.17) is 0 Å². The first-order valence-corrected chi connectivity index (χ1v) is 8.96. The summed E-state index contributed by atoms with van der Waals surface area (Å²) in [5.74, 6) is 1.32. The van der Waals surface area contributed by atoms with Gasteiger partial charge in [-0.2, -0.15) is 0 Å². The average Bonchev–Trinajstić information content (AvgIpc) is 2.55. The molecule has 0 radical (unpaired) electrons. The highest BCUT2D eigenvalue weighted by Gasteiger charge is 1.98. The Hall–Kier alpha value is -1.54. The molecule has 0 unspecified atom stereocenters. The largest absolute Gasteiger partial charge is 0.354 e. The molecule has 0 saturated carbocycles. The molecule has 2 rings (SSSR count). The third-order valence-corrected chi connectivity index (χ3v) is 4.01. The zero-order chi connectivity index (χ0) is 14.9. The van der Waals surface area contributed by atoms with E-state index in [9.17, 15) is 0 Å². The van der Waals surface area contributed by atoms with Crippen molar-refractivity contribution in [2.45, 2.75) is 16.2 Å². The first-order valence-electron chi connectivity index (χ1n) is 6.51. The molecule has 2 N–H and O–H groups in total. The van der Waals surface area contributed by atoms with Gasteiger partial charge < -0.3 is 10.6 Å². The second-order valence-corrected chi connectivity index (χ2v) is 5.86. The average molecular weight is 322 g/mol. The van der Waals surface area contributed by atoms with Crippen LogP contribution in [0.1, 0.15) is 6.42 Å². The number of hydrogen-bond acceptors (Lipinski definition) is 8. The van der Waals surface area contributed by atoms with Crippen LogP contribution in [0.3, 0.4) is 0 Å². The Morgan fingerprint density at radius 2 is 1.14 bits per heavy atom. The maximum absolute atomic E-state index is 4.23.